The van der Waals surface area contributed by atoms with Gasteiger partial charge < -0.3 is 29.0 Å². The summed E-state index contributed by atoms with van der Waals surface area (Å²) in [7, 11) is 0. The van der Waals surface area contributed by atoms with Crippen molar-refractivity contribution in [3.63, 3.8) is 0 Å². The summed E-state index contributed by atoms with van der Waals surface area (Å²) in [6.07, 6.45) is -13.8. The number of carbonyl (C=O) groups is 5. The summed E-state index contributed by atoms with van der Waals surface area (Å²) in [5.41, 5.74) is 0. The highest BCUT2D eigenvalue weighted by Gasteiger charge is 2.54. The standard InChI is InChI=1S/C16H20F3NO10/c1-6(21)26-5-10-11(27-7(2)22)12(28-8(3)23)13(29-9(4)24)14(30-10)20-15(25)16(17,18)19/h10-14H,5H2,1-4H3,(H,20,25)/t10-,11+,12+,13-,14+/m1/s1. The number of alkyl halides is 3. The number of rotatable bonds is 6. The Kier molecular flexibility index (Phi) is 8.57. The van der Waals surface area contributed by atoms with E-state index in [1.165, 1.54) is 5.32 Å². The smallest absolute Gasteiger partial charge is 0.463 e. The molecule has 0 spiro atoms. The first kappa shape index (κ1) is 25.1. The fourth-order valence-corrected chi connectivity index (χ4v) is 2.56. The van der Waals surface area contributed by atoms with E-state index in [2.05, 4.69) is 0 Å². The first-order chi connectivity index (χ1) is 13.7. The van der Waals surface area contributed by atoms with Gasteiger partial charge in [-0.1, -0.05) is 0 Å². The average molecular weight is 443 g/mol. The Morgan fingerprint density at radius 1 is 0.800 bits per heavy atom. The number of halogens is 3. The summed E-state index contributed by atoms with van der Waals surface area (Å²) < 4.78 is 63.1. The van der Waals surface area contributed by atoms with Crippen LogP contribution < -0.4 is 5.32 Å². The van der Waals surface area contributed by atoms with E-state index in [0.29, 0.717) is 0 Å². The van der Waals surface area contributed by atoms with Crippen molar-refractivity contribution in [1.29, 1.82) is 0 Å². The first-order valence-electron chi connectivity index (χ1n) is 8.40. The van der Waals surface area contributed by atoms with Crippen LogP contribution in [0.15, 0.2) is 0 Å². The molecule has 1 N–H and O–H groups in total. The van der Waals surface area contributed by atoms with Crippen LogP contribution in [0.2, 0.25) is 0 Å². The normalized spacial score (nSPS) is 26.2. The van der Waals surface area contributed by atoms with Crippen molar-refractivity contribution >= 4 is 29.8 Å². The minimum Gasteiger partial charge on any atom is -0.463 e. The molecule has 170 valence electrons. The van der Waals surface area contributed by atoms with Gasteiger partial charge in [0.25, 0.3) is 0 Å². The molecule has 0 aromatic heterocycles. The van der Waals surface area contributed by atoms with Gasteiger partial charge >= 0.3 is 36.0 Å². The SMILES string of the molecule is CC(=O)OC[C@H]1O[C@H](NC(=O)C(F)(F)F)[C@H](OC(C)=O)[C@@H](OC(C)=O)[C@H]1OC(C)=O. The summed E-state index contributed by atoms with van der Waals surface area (Å²) in [6.45, 7) is 3.20. The molecule has 1 saturated heterocycles. The van der Waals surface area contributed by atoms with E-state index in [4.69, 9.17) is 23.7 Å². The third kappa shape index (κ3) is 7.50. The average Bonchev–Trinajstić information content (AvgIpc) is 2.56. The summed E-state index contributed by atoms with van der Waals surface area (Å²) in [5.74, 6) is -6.14. The van der Waals surface area contributed by atoms with Gasteiger partial charge in [0.1, 0.15) is 12.7 Å². The zero-order chi connectivity index (χ0) is 23.2. The largest absolute Gasteiger partial charge is 0.471 e. The summed E-state index contributed by atoms with van der Waals surface area (Å²) in [6, 6.07) is 0. The third-order valence-corrected chi connectivity index (χ3v) is 3.52. The molecule has 30 heavy (non-hydrogen) atoms. The van der Waals surface area contributed by atoms with Crippen molar-refractivity contribution in [2.75, 3.05) is 6.61 Å². The van der Waals surface area contributed by atoms with Crippen LogP contribution in [0.25, 0.3) is 0 Å². The van der Waals surface area contributed by atoms with Crippen LogP contribution in [0.5, 0.6) is 0 Å². The van der Waals surface area contributed by atoms with Gasteiger partial charge in [-0.15, -0.1) is 0 Å². The maximum Gasteiger partial charge on any atom is 0.471 e. The molecule has 0 aromatic rings. The Balaban J connectivity index is 3.37. The summed E-state index contributed by atoms with van der Waals surface area (Å²) in [5, 5.41) is 1.47. The van der Waals surface area contributed by atoms with Gasteiger partial charge in [0, 0.05) is 27.7 Å². The molecule has 0 aromatic carbocycles. The molecule has 0 unspecified atom stereocenters. The molecular weight excluding hydrogens is 423 g/mol. The molecule has 0 radical (unpaired) electrons. The van der Waals surface area contributed by atoms with Gasteiger partial charge in [-0.25, -0.2) is 0 Å². The second kappa shape index (κ2) is 10.2. The second-order valence-corrected chi connectivity index (χ2v) is 6.09. The van der Waals surface area contributed by atoms with E-state index in [9.17, 15) is 37.1 Å². The highest BCUT2D eigenvalue weighted by atomic mass is 19.4. The van der Waals surface area contributed by atoms with E-state index >= 15 is 0 Å². The minimum atomic E-state index is -5.32. The molecule has 1 amide bonds. The van der Waals surface area contributed by atoms with Crippen LogP contribution >= 0.6 is 0 Å². The van der Waals surface area contributed by atoms with Crippen LogP contribution in [-0.2, 0) is 47.7 Å². The van der Waals surface area contributed by atoms with Crippen LogP contribution in [0.4, 0.5) is 13.2 Å². The van der Waals surface area contributed by atoms with Crippen molar-refractivity contribution in [2.24, 2.45) is 0 Å². The maximum atomic E-state index is 12.7. The highest BCUT2D eigenvalue weighted by molar-refractivity contribution is 5.82. The predicted octanol–water partition coefficient (Wildman–Crippen LogP) is -0.252. The molecule has 11 nitrogen and oxygen atoms in total. The van der Waals surface area contributed by atoms with Crippen molar-refractivity contribution in [3.8, 4) is 0 Å². The van der Waals surface area contributed by atoms with Crippen molar-refractivity contribution in [3.05, 3.63) is 0 Å². The molecule has 1 aliphatic rings. The lowest BCUT2D eigenvalue weighted by molar-refractivity contribution is -0.259. The van der Waals surface area contributed by atoms with Crippen molar-refractivity contribution in [2.45, 2.75) is 64.5 Å². The Bertz CT molecular complexity index is 695. The zero-order valence-corrected chi connectivity index (χ0v) is 16.3. The number of hydrogen-bond acceptors (Lipinski definition) is 10. The number of esters is 4. The summed E-state index contributed by atoms with van der Waals surface area (Å²) in [4.78, 5) is 57.0. The van der Waals surface area contributed by atoms with Gasteiger partial charge in [-0.2, -0.15) is 13.2 Å². The molecule has 1 aliphatic heterocycles. The quantitative estimate of drug-likeness (QED) is 0.431. The van der Waals surface area contributed by atoms with Crippen LogP contribution in [0, 0.1) is 0 Å². The van der Waals surface area contributed by atoms with E-state index in [1.807, 2.05) is 0 Å². The van der Waals surface area contributed by atoms with Gasteiger partial charge in [0.2, 0.25) is 0 Å². The van der Waals surface area contributed by atoms with Gasteiger partial charge in [-0.3, -0.25) is 24.0 Å². The lowest BCUT2D eigenvalue weighted by Gasteiger charge is -2.44. The lowest BCUT2D eigenvalue weighted by Crippen LogP contribution is -2.67. The topological polar surface area (TPSA) is 144 Å². The Morgan fingerprint density at radius 2 is 1.27 bits per heavy atom. The fraction of sp³-hybridized carbons (Fsp3) is 0.688. The fourth-order valence-electron chi connectivity index (χ4n) is 2.56. The van der Waals surface area contributed by atoms with E-state index in [-0.39, 0.29) is 0 Å². The Hall–Kier alpha value is -2.90. The first-order valence-corrected chi connectivity index (χ1v) is 8.40. The lowest BCUT2D eigenvalue weighted by atomic mass is 9.97. The van der Waals surface area contributed by atoms with Gasteiger partial charge in [0.05, 0.1) is 0 Å². The van der Waals surface area contributed by atoms with Gasteiger partial charge in [-0.05, 0) is 0 Å². The van der Waals surface area contributed by atoms with Crippen molar-refractivity contribution in [1.82, 2.24) is 5.32 Å². The number of nitrogens with one attached hydrogen (secondary N) is 1. The Morgan fingerprint density at radius 3 is 1.70 bits per heavy atom. The van der Waals surface area contributed by atoms with Crippen molar-refractivity contribution < 1.29 is 60.8 Å². The number of hydrogen-bond donors (Lipinski definition) is 1. The second-order valence-electron chi connectivity index (χ2n) is 6.09. The number of ether oxygens (including phenoxy) is 5. The molecule has 0 aliphatic carbocycles. The molecule has 1 rings (SSSR count). The van der Waals surface area contributed by atoms with E-state index in [0.717, 1.165) is 27.7 Å². The molecule has 1 heterocycles. The van der Waals surface area contributed by atoms with Gasteiger partial charge in [0.15, 0.2) is 24.5 Å². The van der Waals surface area contributed by atoms with Crippen LogP contribution in [-0.4, -0.2) is 73.2 Å². The number of carbonyl (C=O) groups excluding carboxylic acids is 5. The molecule has 1 fully saturated rings. The highest BCUT2D eigenvalue weighted by Crippen LogP contribution is 2.29. The summed E-state index contributed by atoms with van der Waals surface area (Å²) >= 11 is 0. The van der Waals surface area contributed by atoms with E-state index < -0.39 is 73.2 Å². The monoisotopic (exact) mass is 443 g/mol. The minimum absolute atomic E-state index is 0.643. The maximum absolute atomic E-state index is 12.7. The molecular formula is C16H20F3NO10. The molecule has 0 bridgehead atoms. The molecule has 0 saturated carbocycles. The van der Waals surface area contributed by atoms with Crippen LogP contribution in [0.1, 0.15) is 27.7 Å². The Labute approximate surface area is 168 Å². The molecule has 14 heteroatoms. The zero-order valence-electron chi connectivity index (χ0n) is 16.3. The predicted molar refractivity (Wildman–Crippen MR) is 86.2 cm³/mol. The third-order valence-electron chi connectivity index (χ3n) is 3.52. The van der Waals surface area contributed by atoms with E-state index in [1.54, 1.807) is 0 Å². The molecule has 5 atom stereocenters. The number of amides is 1. The van der Waals surface area contributed by atoms with Crippen LogP contribution in [0.3, 0.4) is 0 Å².